The molecule has 1 aromatic carbocycles. The maximum atomic E-state index is 12.5. The van der Waals surface area contributed by atoms with Crippen molar-refractivity contribution in [3.05, 3.63) is 29.8 Å². The second kappa shape index (κ2) is 9.69. The third-order valence-electron chi connectivity index (χ3n) is 4.98. The number of urea groups is 1. The minimum Gasteiger partial charge on any atom is -0.371 e. The molecule has 1 N–H and O–H groups in total. The van der Waals surface area contributed by atoms with Gasteiger partial charge in [-0.1, -0.05) is 44.9 Å². The van der Waals surface area contributed by atoms with Crippen LogP contribution in [0.5, 0.6) is 0 Å². The van der Waals surface area contributed by atoms with Gasteiger partial charge in [0.05, 0.1) is 0 Å². The Bertz CT molecular complexity index is 538. The Labute approximate surface area is 153 Å². The molecule has 4 nitrogen and oxygen atoms in total. The lowest BCUT2D eigenvalue weighted by molar-refractivity contribution is 0.202. The first-order chi connectivity index (χ1) is 12.0. The number of amides is 2. The highest BCUT2D eigenvalue weighted by atomic mass is 16.2. The minimum absolute atomic E-state index is 0.0215. The highest BCUT2D eigenvalue weighted by molar-refractivity contribution is 5.74. The summed E-state index contributed by atoms with van der Waals surface area (Å²) in [6.07, 6.45) is 5.96. The summed E-state index contributed by atoms with van der Waals surface area (Å²) in [7, 11) is 1.89. The number of benzene rings is 1. The average molecular weight is 346 g/mol. The quantitative estimate of drug-likeness (QED) is 0.745. The number of carbonyl (C=O) groups is 1. The summed E-state index contributed by atoms with van der Waals surface area (Å²) in [6, 6.07) is 8.73. The summed E-state index contributed by atoms with van der Waals surface area (Å²) < 4.78 is 0. The summed E-state index contributed by atoms with van der Waals surface area (Å²) >= 11 is 0. The van der Waals surface area contributed by atoms with E-state index in [0.29, 0.717) is 6.54 Å². The van der Waals surface area contributed by atoms with E-state index in [1.807, 2.05) is 7.05 Å². The van der Waals surface area contributed by atoms with E-state index >= 15 is 0 Å². The van der Waals surface area contributed by atoms with Gasteiger partial charge in [0.25, 0.3) is 0 Å². The van der Waals surface area contributed by atoms with Crippen LogP contribution in [-0.4, -0.2) is 37.1 Å². The molecule has 1 heterocycles. The highest BCUT2D eigenvalue weighted by Crippen LogP contribution is 2.25. The van der Waals surface area contributed by atoms with Crippen molar-refractivity contribution in [2.24, 2.45) is 5.92 Å². The third-order valence-corrected chi connectivity index (χ3v) is 4.98. The molecule has 1 atom stereocenters. The first-order valence-corrected chi connectivity index (χ1v) is 9.82. The summed E-state index contributed by atoms with van der Waals surface area (Å²) in [4.78, 5) is 16.7. The molecule has 0 aliphatic carbocycles. The predicted octanol–water partition coefficient (Wildman–Crippen LogP) is 4.64. The van der Waals surface area contributed by atoms with Gasteiger partial charge in [0.15, 0.2) is 0 Å². The van der Waals surface area contributed by atoms with Crippen molar-refractivity contribution in [2.45, 2.75) is 65.5 Å². The van der Waals surface area contributed by atoms with E-state index < -0.39 is 0 Å². The van der Waals surface area contributed by atoms with Gasteiger partial charge in [-0.3, -0.25) is 0 Å². The van der Waals surface area contributed by atoms with E-state index in [9.17, 15) is 4.79 Å². The highest BCUT2D eigenvalue weighted by Gasteiger charge is 2.18. The van der Waals surface area contributed by atoms with Crippen LogP contribution in [0.1, 0.15) is 58.4 Å². The lowest BCUT2D eigenvalue weighted by Crippen LogP contribution is -2.41. The number of hydrogen-bond donors (Lipinski definition) is 1. The lowest BCUT2D eigenvalue weighted by Gasteiger charge is -2.25. The average Bonchev–Trinajstić information content (AvgIpc) is 3.09. The molecular weight excluding hydrogens is 310 g/mol. The Morgan fingerprint density at radius 3 is 2.52 bits per heavy atom. The van der Waals surface area contributed by atoms with Gasteiger partial charge in [0, 0.05) is 38.4 Å². The van der Waals surface area contributed by atoms with Crippen LogP contribution in [0.4, 0.5) is 10.5 Å². The molecule has 0 radical (unpaired) electrons. The largest absolute Gasteiger partial charge is 0.371 e. The Hall–Kier alpha value is -1.71. The van der Waals surface area contributed by atoms with Crippen LogP contribution in [0, 0.1) is 5.92 Å². The van der Waals surface area contributed by atoms with Gasteiger partial charge < -0.3 is 15.1 Å². The van der Waals surface area contributed by atoms with E-state index in [1.54, 1.807) is 4.90 Å². The molecule has 4 heteroatoms. The third kappa shape index (κ3) is 6.26. The number of anilines is 1. The van der Waals surface area contributed by atoms with Gasteiger partial charge in [-0.2, -0.15) is 0 Å². The van der Waals surface area contributed by atoms with Gasteiger partial charge in [-0.15, -0.1) is 0 Å². The first-order valence-electron chi connectivity index (χ1n) is 9.82. The van der Waals surface area contributed by atoms with Crippen LogP contribution < -0.4 is 10.2 Å². The number of hydrogen-bond acceptors (Lipinski definition) is 2. The van der Waals surface area contributed by atoms with E-state index in [-0.39, 0.29) is 12.1 Å². The SMILES string of the molecule is CC(C)CCCC(C)NC(=O)N(C)Cc1ccccc1N1CCCC1. The Kier molecular flexibility index (Phi) is 7.60. The number of nitrogens with one attached hydrogen (secondary N) is 1. The number of nitrogens with zero attached hydrogens (tertiary/aromatic N) is 2. The van der Waals surface area contributed by atoms with E-state index in [4.69, 9.17) is 0 Å². The number of rotatable bonds is 8. The fourth-order valence-electron chi connectivity index (χ4n) is 3.46. The standard InChI is InChI=1S/C21H35N3O/c1-17(2)10-9-11-18(3)22-21(25)23(4)16-19-12-5-6-13-20(19)24-14-7-8-15-24/h5-6,12-13,17-18H,7-11,14-16H2,1-4H3,(H,22,25). The van der Waals surface area contributed by atoms with Crippen molar-refractivity contribution in [3.63, 3.8) is 0 Å². The molecule has 1 aliphatic heterocycles. The Morgan fingerprint density at radius 1 is 1.16 bits per heavy atom. The van der Waals surface area contributed by atoms with Crippen LogP contribution in [0.2, 0.25) is 0 Å². The molecule has 140 valence electrons. The van der Waals surface area contributed by atoms with E-state index in [2.05, 4.69) is 55.3 Å². The zero-order valence-electron chi connectivity index (χ0n) is 16.4. The smallest absolute Gasteiger partial charge is 0.317 e. The molecule has 1 aromatic rings. The first kappa shape index (κ1) is 19.6. The van der Waals surface area contributed by atoms with Gasteiger partial charge in [0.2, 0.25) is 0 Å². The van der Waals surface area contributed by atoms with Crippen LogP contribution in [-0.2, 0) is 6.54 Å². The van der Waals surface area contributed by atoms with Crippen molar-refractivity contribution in [3.8, 4) is 0 Å². The molecular formula is C21H35N3O. The maximum Gasteiger partial charge on any atom is 0.317 e. The van der Waals surface area contributed by atoms with Crippen LogP contribution >= 0.6 is 0 Å². The topological polar surface area (TPSA) is 35.6 Å². The molecule has 1 saturated heterocycles. The fraction of sp³-hybridized carbons (Fsp3) is 0.667. The van der Waals surface area contributed by atoms with Crippen LogP contribution in [0.25, 0.3) is 0 Å². The van der Waals surface area contributed by atoms with Gasteiger partial charge in [-0.05, 0) is 43.7 Å². The second-order valence-corrected chi connectivity index (χ2v) is 7.85. The van der Waals surface area contributed by atoms with Crippen LogP contribution in [0.3, 0.4) is 0 Å². The molecule has 0 saturated carbocycles. The van der Waals surface area contributed by atoms with Crippen molar-refractivity contribution < 1.29 is 4.79 Å². The summed E-state index contributed by atoms with van der Waals surface area (Å²) in [5.74, 6) is 0.729. The maximum absolute atomic E-state index is 12.5. The molecule has 0 bridgehead atoms. The van der Waals surface area contributed by atoms with Crippen molar-refractivity contribution in [1.82, 2.24) is 10.2 Å². The zero-order chi connectivity index (χ0) is 18.2. The molecule has 25 heavy (non-hydrogen) atoms. The van der Waals surface area contributed by atoms with Crippen molar-refractivity contribution in [1.29, 1.82) is 0 Å². The second-order valence-electron chi connectivity index (χ2n) is 7.85. The molecule has 2 rings (SSSR count). The molecule has 1 unspecified atom stereocenters. The van der Waals surface area contributed by atoms with Crippen molar-refractivity contribution in [2.75, 3.05) is 25.0 Å². The Morgan fingerprint density at radius 2 is 1.84 bits per heavy atom. The van der Waals surface area contributed by atoms with E-state index in [0.717, 1.165) is 25.4 Å². The molecule has 2 amide bonds. The number of para-hydroxylation sites is 1. The number of carbonyl (C=O) groups excluding carboxylic acids is 1. The van der Waals surface area contributed by atoms with Crippen molar-refractivity contribution >= 4 is 11.7 Å². The van der Waals surface area contributed by atoms with Crippen LogP contribution in [0.15, 0.2) is 24.3 Å². The Balaban J connectivity index is 1.86. The lowest BCUT2D eigenvalue weighted by atomic mass is 10.0. The normalized spacial score (nSPS) is 15.5. The summed E-state index contributed by atoms with van der Waals surface area (Å²) in [6.45, 7) is 9.49. The molecule has 0 spiro atoms. The summed E-state index contributed by atoms with van der Waals surface area (Å²) in [5, 5.41) is 3.14. The van der Waals surface area contributed by atoms with Gasteiger partial charge in [0.1, 0.15) is 0 Å². The van der Waals surface area contributed by atoms with Gasteiger partial charge in [-0.25, -0.2) is 4.79 Å². The zero-order valence-corrected chi connectivity index (χ0v) is 16.4. The predicted molar refractivity (Wildman–Crippen MR) is 106 cm³/mol. The molecule has 1 fully saturated rings. The monoisotopic (exact) mass is 345 g/mol. The van der Waals surface area contributed by atoms with E-state index in [1.165, 1.54) is 36.9 Å². The molecule has 0 aromatic heterocycles. The fourth-order valence-corrected chi connectivity index (χ4v) is 3.46. The van der Waals surface area contributed by atoms with Gasteiger partial charge >= 0.3 is 6.03 Å². The molecule has 1 aliphatic rings. The minimum atomic E-state index is 0.0215. The summed E-state index contributed by atoms with van der Waals surface area (Å²) in [5.41, 5.74) is 2.51.